The average Bonchev–Trinajstić information content (AvgIpc) is 0.746. The number of nitrogens with one attached hydrogen (secondary N) is 6. The number of phenols is 2. The molecular formula is C66H82N12O16S. The largest absolute Gasteiger partial charge is 0.508 e. The van der Waals surface area contributed by atoms with Crippen LogP contribution in [-0.4, -0.2) is 186 Å². The lowest BCUT2D eigenvalue weighted by molar-refractivity contribution is -0.142. The Morgan fingerprint density at radius 2 is 1.00 bits per heavy atom. The Bertz CT molecular complexity index is 3530. The smallest absolute Gasteiger partial charge is 0.336 e. The first-order valence-corrected chi connectivity index (χ1v) is 31.7. The highest BCUT2D eigenvalue weighted by molar-refractivity contribution is 8.00. The molecule has 4 aromatic carbocycles. The van der Waals surface area contributed by atoms with Crippen molar-refractivity contribution in [1.82, 2.24) is 31.9 Å². The van der Waals surface area contributed by atoms with Gasteiger partial charge in [-0.2, -0.15) is 0 Å². The van der Waals surface area contributed by atoms with E-state index in [0.29, 0.717) is 70.6 Å². The number of thioether (sulfide) groups is 1. The Labute approximate surface area is 552 Å². The number of nitrogens with two attached hydrogens (primary N) is 3. The molecule has 0 spiro atoms. The fourth-order valence-corrected chi connectivity index (χ4v) is 11.0. The van der Waals surface area contributed by atoms with E-state index in [1.54, 1.807) is 6.08 Å². The summed E-state index contributed by atoms with van der Waals surface area (Å²) in [4.78, 5) is 143. The number of hydrogen-bond donors (Lipinski definition) is 14. The number of nitrogens with zero attached hydrogens (tertiary/aromatic N) is 3. The van der Waals surface area contributed by atoms with Crippen LogP contribution in [0.1, 0.15) is 73.6 Å². The summed E-state index contributed by atoms with van der Waals surface area (Å²) in [6.07, 6.45) is 4.07. The van der Waals surface area contributed by atoms with Crippen LogP contribution in [0.2, 0.25) is 0 Å². The molecule has 95 heavy (non-hydrogen) atoms. The van der Waals surface area contributed by atoms with E-state index in [0.717, 1.165) is 23.1 Å². The van der Waals surface area contributed by atoms with Gasteiger partial charge in [0.1, 0.15) is 59.2 Å². The quantitative estimate of drug-likeness (QED) is 0.0258. The Balaban J connectivity index is 1.23. The standard InChI is InChI=1S/C66H82N12O16S/c1-77(2)40-16-23-45-54(32-40)94-55-33-41(78(3)4)17-24-46(55)59(45)44-22-15-39(31-47(44)65(90)91)70-57(82)36-95-35-53(71-56(81)34-69)64(89)73-49(25-26-58(83)84)61(86)75-52(30-38-13-20-43(80)21-14-38)63(88)76-51(29-37-11-18-42(79)19-12-37)62(87)72-48(9-5-7-27-67)60(85)74-50(66(92)93)10-6-8-28-68/h11-24,31-33,48-53,79-80H,5-10,25-30,34-36,67-69H2,1-4H3,(H,71,81)(H,72,87)(H,73,89)(H,74,85)(H,75,86)(H,76,88)(H,83,84)(H,90,91)(H,92,93)/t48-,49-,50-,51-,52-,53-/m0/s1. The highest BCUT2D eigenvalue weighted by atomic mass is 32.2. The SMILES string of the molecule is CN(C)c1ccc2c(c1)Oc1cc(N(C)C)ccc1C2=C1C=CC(=NC(=O)CSC[C@H](NC(=O)CN)C(=O)N[C@@H](CCC(=O)O)C(=O)N[C@@H](Cc2ccc(O)cc2)C(=O)N[C@@H](Cc2ccc(O)cc2)C(=O)N[C@@H](CCCCN)C(=O)N[C@@H](CCCCN)C(=O)O)C=C1C(=O)O. The van der Waals surface area contributed by atoms with Crippen molar-refractivity contribution >= 4 is 93.7 Å². The van der Waals surface area contributed by atoms with Crippen molar-refractivity contribution in [2.75, 3.05) is 69.1 Å². The number of allylic oxidation sites excluding steroid dienone is 3. The van der Waals surface area contributed by atoms with Crippen molar-refractivity contribution in [3.8, 4) is 23.0 Å². The van der Waals surface area contributed by atoms with E-state index in [4.69, 9.17) is 21.9 Å². The molecule has 4 aromatic rings. The van der Waals surface area contributed by atoms with Crippen LogP contribution >= 0.6 is 11.8 Å². The predicted octanol–water partition coefficient (Wildman–Crippen LogP) is 1.98. The highest BCUT2D eigenvalue weighted by Gasteiger charge is 2.35. The van der Waals surface area contributed by atoms with Gasteiger partial charge in [0.15, 0.2) is 0 Å². The first-order valence-electron chi connectivity index (χ1n) is 30.6. The van der Waals surface area contributed by atoms with Gasteiger partial charge in [-0.1, -0.05) is 30.3 Å². The van der Waals surface area contributed by atoms with E-state index >= 15 is 0 Å². The van der Waals surface area contributed by atoms with E-state index in [1.807, 2.05) is 74.4 Å². The van der Waals surface area contributed by atoms with Crippen LogP contribution in [0.25, 0.3) is 5.57 Å². The number of rotatable bonds is 35. The number of hydrogen-bond acceptors (Lipinski definition) is 19. The summed E-state index contributed by atoms with van der Waals surface area (Å²) in [5.41, 5.74) is 21.3. The van der Waals surface area contributed by atoms with Crippen LogP contribution in [0, 0.1) is 0 Å². The highest BCUT2D eigenvalue weighted by Crippen LogP contribution is 2.49. The number of aliphatic imine (C=N–C) groups is 1. The van der Waals surface area contributed by atoms with E-state index in [1.165, 1.54) is 60.7 Å². The van der Waals surface area contributed by atoms with Gasteiger partial charge >= 0.3 is 17.9 Å². The summed E-state index contributed by atoms with van der Waals surface area (Å²) in [6, 6.07) is 13.1. The lowest BCUT2D eigenvalue weighted by Gasteiger charge is -2.28. The Kier molecular flexibility index (Phi) is 27.9. The van der Waals surface area contributed by atoms with Crippen molar-refractivity contribution < 1.29 is 78.2 Å². The number of benzene rings is 4. The number of ether oxygens (including phenoxy) is 1. The molecule has 0 saturated carbocycles. The maximum Gasteiger partial charge on any atom is 0.336 e. The molecule has 0 unspecified atom stereocenters. The molecule has 28 nitrogen and oxygen atoms in total. The molecule has 1 heterocycles. The van der Waals surface area contributed by atoms with Crippen molar-refractivity contribution in [2.45, 2.75) is 100 Å². The first kappa shape index (κ1) is 73.9. The predicted molar refractivity (Wildman–Crippen MR) is 357 cm³/mol. The van der Waals surface area contributed by atoms with Gasteiger partial charge in [0, 0.05) is 93.4 Å². The lowest BCUT2D eigenvalue weighted by atomic mass is 9.84. The number of amides is 7. The molecule has 7 amide bonds. The van der Waals surface area contributed by atoms with E-state index < -0.39 is 121 Å². The van der Waals surface area contributed by atoms with Crippen LogP contribution in [0.5, 0.6) is 23.0 Å². The summed E-state index contributed by atoms with van der Waals surface area (Å²) >= 11 is 0.827. The Morgan fingerprint density at radius 3 is 1.45 bits per heavy atom. The molecule has 1 aliphatic heterocycles. The zero-order valence-electron chi connectivity index (χ0n) is 53.1. The molecule has 1 aliphatic carbocycles. The number of phenolic OH excluding ortho intramolecular Hbond substituents is 2. The van der Waals surface area contributed by atoms with Crippen LogP contribution in [0.15, 0.2) is 119 Å². The van der Waals surface area contributed by atoms with Gasteiger partial charge < -0.3 is 89.2 Å². The molecule has 508 valence electrons. The molecule has 0 radical (unpaired) electrons. The summed E-state index contributed by atoms with van der Waals surface area (Å²) < 4.78 is 6.41. The van der Waals surface area contributed by atoms with Gasteiger partial charge in [-0.05, 0) is 135 Å². The minimum atomic E-state index is -1.74. The molecule has 0 bridgehead atoms. The Hall–Kier alpha value is -10.1. The number of carboxylic acid groups (broad SMARTS) is 3. The third-order valence-corrected chi connectivity index (χ3v) is 16.3. The van der Waals surface area contributed by atoms with Gasteiger partial charge in [-0.3, -0.25) is 38.4 Å². The number of fused-ring (bicyclic) bond motifs is 2. The van der Waals surface area contributed by atoms with Crippen molar-refractivity contribution in [1.29, 1.82) is 0 Å². The van der Waals surface area contributed by atoms with Gasteiger partial charge in [-0.25, -0.2) is 14.6 Å². The second kappa shape index (κ2) is 35.8. The number of aromatic hydroxyl groups is 2. The molecule has 29 heteroatoms. The molecule has 0 fully saturated rings. The minimum absolute atomic E-state index is 0.00368. The maximum absolute atomic E-state index is 14.7. The number of aliphatic carboxylic acids is 3. The van der Waals surface area contributed by atoms with E-state index in [2.05, 4.69) is 36.9 Å². The number of carbonyl (C=O) groups is 10. The number of carbonyl (C=O) groups excluding carboxylic acids is 7. The third kappa shape index (κ3) is 22.0. The van der Waals surface area contributed by atoms with Crippen LogP contribution in [0.4, 0.5) is 11.4 Å². The minimum Gasteiger partial charge on any atom is -0.508 e. The summed E-state index contributed by atoms with van der Waals surface area (Å²) in [6.45, 7) is -0.0798. The molecule has 0 aromatic heterocycles. The Morgan fingerprint density at radius 1 is 0.547 bits per heavy atom. The molecule has 2 aliphatic rings. The number of unbranched alkanes of at least 4 members (excludes halogenated alkanes) is 2. The van der Waals surface area contributed by atoms with Crippen molar-refractivity contribution in [3.05, 3.63) is 137 Å². The second-order valence-corrected chi connectivity index (χ2v) is 23.9. The summed E-state index contributed by atoms with van der Waals surface area (Å²) in [5.74, 6) is -10.6. The number of carboxylic acids is 3. The number of anilines is 2. The summed E-state index contributed by atoms with van der Waals surface area (Å²) in [5, 5.41) is 65.8. The van der Waals surface area contributed by atoms with E-state index in [-0.39, 0.29) is 67.3 Å². The molecule has 6 atom stereocenters. The average molecular weight is 1330 g/mol. The maximum atomic E-state index is 14.7. The van der Waals surface area contributed by atoms with Gasteiger partial charge in [-0.15, -0.1) is 11.8 Å². The lowest BCUT2D eigenvalue weighted by Crippen LogP contribution is -2.60. The molecule has 17 N–H and O–H groups in total. The monoisotopic (exact) mass is 1330 g/mol. The zero-order valence-corrected chi connectivity index (χ0v) is 53.9. The molecule has 6 rings (SSSR count). The molecule has 0 saturated heterocycles. The van der Waals surface area contributed by atoms with Gasteiger partial charge in [0.25, 0.3) is 5.91 Å². The molecular weight excluding hydrogens is 1250 g/mol. The first-order chi connectivity index (χ1) is 45.3. The van der Waals surface area contributed by atoms with Crippen LogP contribution in [-0.2, 0) is 60.8 Å². The van der Waals surface area contributed by atoms with Crippen molar-refractivity contribution in [3.63, 3.8) is 0 Å². The summed E-state index contributed by atoms with van der Waals surface area (Å²) in [7, 11) is 7.51. The van der Waals surface area contributed by atoms with Crippen molar-refractivity contribution in [2.24, 2.45) is 22.2 Å². The normalized spacial score (nSPS) is 14.6. The van der Waals surface area contributed by atoms with Gasteiger partial charge in [0.05, 0.1) is 23.6 Å². The zero-order chi connectivity index (χ0) is 69.5. The third-order valence-electron chi connectivity index (χ3n) is 15.3. The van der Waals surface area contributed by atoms with E-state index in [9.17, 15) is 73.5 Å². The van der Waals surface area contributed by atoms with Crippen LogP contribution in [0.3, 0.4) is 0 Å². The fourth-order valence-electron chi connectivity index (χ4n) is 10.2. The van der Waals surface area contributed by atoms with Gasteiger partial charge in [0.2, 0.25) is 35.4 Å². The second-order valence-electron chi connectivity index (χ2n) is 22.9. The van der Waals surface area contributed by atoms with Crippen LogP contribution < -0.4 is 63.6 Å². The fraction of sp³-hybridized carbons (Fsp3) is 0.379. The topological polar surface area (TPSA) is 450 Å².